The molecule has 0 spiro atoms. The minimum Gasteiger partial charge on any atom is -0.462 e. The number of hydrogen-bond donors (Lipinski definition) is 0. The number of carbonyl (C=O) groups is 4. The molecule has 0 amide bonds. The fourth-order valence-electron chi connectivity index (χ4n) is 2.05. The highest BCUT2D eigenvalue weighted by atomic mass is 16.6. The fraction of sp³-hybridized carbons (Fsp3) is 0.300. The van der Waals surface area contributed by atoms with Gasteiger partial charge in [-0.1, -0.05) is 42.5 Å². The molecule has 0 bridgehead atoms. The van der Waals surface area contributed by atoms with E-state index in [-0.39, 0.29) is 12.4 Å². The number of rotatable bonds is 9. The van der Waals surface area contributed by atoms with E-state index in [1.165, 1.54) is 45.1 Å². The first-order valence-electron chi connectivity index (χ1n) is 8.21. The van der Waals surface area contributed by atoms with Gasteiger partial charge >= 0.3 is 17.9 Å². The Labute approximate surface area is 157 Å². The smallest absolute Gasteiger partial charge is 0.303 e. The first-order chi connectivity index (χ1) is 12.8. The zero-order valence-electron chi connectivity index (χ0n) is 15.4. The van der Waals surface area contributed by atoms with Crippen LogP contribution in [-0.2, 0) is 28.6 Å². The Hall–Kier alpha value is -3.22. The second-order valence-electron chi connectivity index (χ2n) is 5.50. The third-order valence-corrected chi connectivity index (χ3v) is 3.15. The number of hydrogen-bond acceptors (Lipinski definition) is 7. The molecule has 7 heteroatoms. The highest BCUT2D eigenvalue weighted by Crippen LogP contribution is 2.10. The van der Waals surface area contributed by atoms with Crippen molar-refractivity contribution in [3.8, 4) is 0 Å². The summed E-state index contributed by atoms with van der Waals surface area (Å²) in [5.74, 6) is -1.98. The van der Waals surface area contributed by atoms with Crippen LogP contribution in [0.15, 0.2) is 54.6 Å². The lowest BCUT2D eigenvalue weighted by molar-refractivity contribution is -0.169. The SMILES string of the molecule is CC(=O)OC[C@@H](OC(C)=O)[C@H](/C=C/C=C/C(=O)c1ccccc1)OC(C)=O. The molecule has 0 saturated carbocycles. The number of allylic oxidation sites excluding steroid dienone is 3. The van der Waals surface area contributed by atoms with E-state index in [1.807, 2.05) is 6.07 Å². The molecule has 1 aromatic carbocycles. The zero-order valence-corrected chi connectivity index (χ0v) is 15.4. The predicted molar refractivity (Wildman–Crippen MR) is 96.8 cm³/mol. The van der Waals surface area contributed by atoms with E-state index in [0.29, 0.717) is 5.56 Å². The number of carbonyl (C=O) groups excluding carboxylic acids is 4. The van der Waals surface area contributed by atoms with E-state index < -0.39 is 30.1 Å². The van der Waals surface area contributed by atoms with Gasteiger partial charge in [0, 0.05) is 26.3 Å². The van der Waals surface area contributed by atoms with Gasteiger partial charge in [0.15, 0.2) is 18.0 Å². The summed E-state index contributed by atoms with van der Waals surface area (Å²) in [7, 11) is 0. The second-order valence-corrected chi connectivity index (χ2v) is 5.50. The van der Waals surface area contributed by atoms with Crippen LogP contribution in [0.3, 0.4) is 0 Å². The molecule has 0 aliphatic heterocycles. The zero-order chi connectivity index (χ0) is 20.2. The maximum Gasteiger partial charge on any atom is 0.303 e. The summed E-state index contributed by atoms with van der Waals surface area (Å²) in [6.07, 6.45) is 3.75. The topological polar surface area (TPSA) is 96.0 Å². The van der Waals surface area contributed by atoms with Crippen LogP contribution >= 0.6 is 0 Å². The number of benzene rings is 1. The Balaban J connectivity index is 2.86. The molecular weight excluding hydrogens is 352 g/mol. The Kier molecular flexibility index (Phi) is 9.22. The molecule has 27 heavy (non-hydrogen) atoms. The maximum atomic E-state index is 12.0. The Morgan fingerprint density at radius 2 is 1.52 bits per heavy atom. The fourth-order valence-corrected chi connectivity index (χ4v) is 2.05. The van der Waals surface area contributed by atoms with Crippen LogP contribution in [0, 0.1) is 0 Å². The van der Waals surface area contributed by atoms with E-state index in [0.717, 1.165) is 0 Å². The summed E-state index contributed by atoms with van der Waals surface area (Å²) in [6, 6.07) is 8.70. The van der Waals surface area contributed by atoms with E-state index in [2.05, 4.69) is 0 Å². The minimum atomic E-state index is -1.01. The van der Waals surface area contributed by atoms with Gasteiger partial charge in [-0.25, -0.2) is 0 Å². The molecule has 2 atom stereocenters. The van der Waals surface area contributed by atoms with Gasteiger partial charge in [-0.15, -0.1) is 0 Å². The minimum absolute atomic E-state index is 0.194. The van der Waals surface area contributed by atoms with Crippen molar-refractivity contribution in [3.63, 3.8) is 0 Å². The van der Waals surface area contributed by atoms with Crippen LogP contribution in [0.4, 0.5) is 0 Å². The van der Waals surface area contributed by atoms with Gasteiger partial charge in [0.25, 0.3) is 0 Å². The quantitative estimate of drug-likeness (QED) is 0.215. The number of ether oxygens (including phenoxy) is 3. The van der Waals surface area contributed by atoms with Gasteiger partial charge in [-0.05, 0) is 12.2 Å². The molecule has 0 aromatic heterocycles. The summed E-state index contributed by atoms with van der Waals surface area (Å²) in [6.45, 7) is 3.32. The van der Waals surface area contributed by atoms with Crippen molar-refractivity contribution in [2.45, 2.75) is 33.0 Å². The molecular formula is C20H22O7. The van der Waals surface area contributed by atoms with E-state index in [9.17, 15) is 19.2 Å². The van der Waals surface area contributed by atoms with Crippen molar-refractivity contribution in [1.29, 1.82) is 0 Å². The van der Waals surface area contributed by atoms with Crippen LogP contribution in [-0.4, -0.2) is 42.5 Å². The van der Waals surface area contributed by atoms with Crippen LogP contribution < -0.4 is 0 Å². The van der Waals surface area contributed by atoms with Crippen molar-refractivity contribution in [2.75, 3.05) is 6.61 Å². The van der Waals surface area contributed by atoms with Gasteiger partial charge in [0.1, 0.15) is 6.61 Å². The molecule has 0 heterocycles. The monoisotopic (exact) mass is 374 g/mol. The lowest BCUT2D eigenvalue weighted by Gasteiger charge is -2.23. The average molecular weight is 374 g/mol. The van der Waals surface area contributed by atoms with Gasteiger partial charge < -0.3 is 14.2 Å². The van der Waals surface area contributed by atoms with Crippen LogP contribution in [0.5, 0.6) is 0 Å². The second kappa shape index (κ2) is 11.4. The summed E-state index contributed by atoms with van der Waals surface area (Å²) < 4.78 is 15.1. The largest absolute Gasteiger partial charge is 0.462 e. The lowest BCUT2D eigenvalue weighted by Crippen LogP contribution is -2.37. The van der Waals surface area contributed by atoms with Crippen molar-refractivity contribution >= 4 is 23.7 Å². The van der Waals surface area contributed by atoms with Crippen molar-refractivity contribution in [1.82, 2.24) is 0 Å². The molecule has 0 saturated heterocycles. The van der Waals surface area contributed by atoms with Crippen molar-refractivity contribution in [3.05, 3.63) is 60.2 Å². The predicted octanol–water partition coefficient (Wildman–Crippen LogP) is 2.41. The molecule has 0 fully saturated rings. The summed E-state index contributed by atoms with van der Waals surface area (Å²) >= 11 is 0. The lowest BCUT2D eigenvalue weighted by atomic mass is 10.1. The Morgan fingerprint density at radius 1 is 0.889 bits per heavy atom. The average Bonchev–Trinajstić information content (AvgIpc) is 2.61. The molecule has 0 aliphatic carbocycles. The highest BCUT2D eigenvalue weighted by molar-refractivity contribution is 6.04. The van der Waals surface area contributed by atoms with Crippen LogP contribution in [0.25, 0.3) is 0 Å². The normalized spacial score (nSPS) is 13.1. The third kappa shape index (κ3) is 9.15. The molecule has 7 nitrogen and oxygen atoms in total. The molecule has 0 aliphatic rings. The van der Waals surface area contributed by atoms with Gasteiger partial charge in [-0.3, -0.25) is 19.2 Å². The van der Waals surface area contributed by atoms with Gasteiger partial charge in [-0.2, -0.15) is 0 Å². The van der Waals surface area contributed by atoms with Crippen LogP contribution in [0.1, 0.15) is 31.1 Å². The van der Waals surface area contributed by atoms with Crippen LogP contribution in [0.2, 0.25) is 0 Å². The molecule has 1 aromatic rings. The summed E-state index contributed by atoms with van der Waals surface area (Å²) in [5, 5.41) is 0. The molecule has 144 valence electrons. The van der Waals surface area contributed by atoms with Gasteiger partial charge in [0.2, 0.25) is 0 Å². The summed E-state index contributed by atoms with van der Waals surface area (Å²) in [5.41, 5.74) is 0.534. The van der Waals surface area contributed by atoms with Crippen molar-refractivity contribution < 1.29 is 33.4 Å². The first kappa shape index (κ1) is 21.8. The molecule has 0 N–H and O–H groups in total. The Bertz CT molecular complexity index is 719. The highest BCUT2D eigenvalue weighted by Gasteiger charge is 2.26. The van der Waals surface area contributed by atoms with E-state index in [1.54, 1.807) is 24.3 Å². The molecule has 1 rings (SSSR count). The maximum absolute atomic E-state index is 12.0. The molecule has 0 radical (unpaired) electrons. The van der Waals surface area contributed by atoms with E-state index in [4.69, 9.17) is 14.2 Å². The van der Waals surface area contributed by atoms with Gasteiger partial charge in [0.05, 0.1) is 0 Å². The summed E-state index contributed by atoms with van der Waals surface area (Å²) in [4.78, 5) is 45.6. The standard InChI is InChI=1S/C20H22O7/c1-14(21)25-13-20(27-16(3)23)19(26-15(2)22)12-8-7-11-18(24)17-9-5-4-6-10-17/h4-12,19-20H,13H2,1-3H3/b11-7+,12-8+/t19-,20+/m0/s1. The first-order valence-corrected chi connectivity index (χ1v) is 8.21. The number of ketones is 1. The third-order valence-electron chi connectivity index (χ3n) is 3.15. The molecule has 0 unspecified atom stereocenters. The Morgan fingerprint density at radius 3 is 2.07 bits per heavy atom. The number of esters is 3. The van der Waals surface area contributed by atoms with E-state index >= 15 is 0 Å². The van der Waals surface area contributed by atoms with Crippen molar-refractivity contribution in [2.24, 2.45) is 0 Å².